The smallest absolute Gasteiger partial charge is 0.253 e. The number of nitrogens with zero attached hydrogens (tertiary/aromatic N) is 2. The number of rotatable bonds is 4. The van der Waals surface area contributed by atoms with Gasteiger partial charge in [-0.05, 0) is 48.0 Å². The van der Waals surface area contributed by atoms with Gasteiger partial charge in [0.25, 0.3) is 5.91 Å². The first kappa shape index (κ1) is 21.1. The minimum absolute atomic E-state index is 0.0531. The summed E-state index contributed by atoms with van der Waals surface area (Å²) in [5, 5.41) is 0.592. The largest absolute Gasteiger partial charge is 0.493 e. The van der Waals surface area contributed by atoms with Crippen LogP contribution in [0, 0.1) is 0 Å². The quantitative estimate of drug-likeness (QED) is 0.680. The number of carbonyl (C=O) groups excluding carboxylic acids is 2. The number of ether oxygens (including phenoxy) is 3. The van der Waals surface area contributed by atoms with E-state index >= 15 is 0 Å². The van der Waals surface area contributed by atoms with E-state index in [9.17, 15) is 9.59 Å². The normalized spacial score (nSPS) is 15.8. The zero-order valence-electron chi connectivity index (χ0n) is 17.2. The van der Waals surface area contributed by atoms with Gasteiger partial charge in [-0.3, -0.25) is 9.59 Å². The van der Waals surface area contributed by atoms with E-state index in [2.05, 4.69) is 0 Å². The Labute approximate surface area is 185 Å². The average molecular weight is 443 g/mol. The SMILES string of the molecule is COc1cc(/C=C/C(=O)N2CCN(C(=O)c3ccc(Cl)cc3)CC2)cc2c1OCCO2. The van der Waals surface area contributed by atoms with Crippen LogP contribution in [0.5, 0.6) is 17.2 Å². The summed E-state index contributed by atoms with van der Waals surface area (Å²) in [7, 11) is 1.57. The topological polar surface area (TPSA) is 68.3 Å². The van der Waals surface area contributed by atoms with Crippen molar-refractivity contribution in [3.8, 4) is 17.2 Å². The Morgan fingerprint density at radius 1 is 1.00 bits per heavy atom. The van der Waals surface area contributed by atoms with Gasteiger partial charge < -0.3 is 24.0 Å². The first-order chi connectivity index (χ1) is 15.0. The third-order valence-electron chi connectivity index (χ3n) is 5.24. The molecule has 2 aliphatic heterocycles. The van der Waals surface area contributed by atoms with Crippen LogP contribution in [0.2, 0.25) is 5.02 Å². The lowest BCUT2D eigenvalue weighted by atomic mass is 10.1. The van der Waals surface area contributed by atoms with Crippen molar-refractivity contribution in [1.29, 1.82) is 0 Å². The summed E-state index contributed by atoms with van der Waals surface area (Å²) in [5.41, 5.74) is 1.38. The molecule has 2 aromatic rings. The fourth-order valence-electron chi connectivity index (χ4n) is 3.57. The number of piperazine rings is 1. The summed E-state index contributed by atoms with van der Waals surface area (Å²) >= 11 is 5.89. The molecule has 0 saturated carbocycles. The zero-order valence-corrected chi connectivity index (χ0v) is 17.9. The van der Waals surface area contributed by atoms with E-state index in [4.69, 9.17) is 25.8 Å². The van der Waals surface area contributed by atoms with Crippen molar-refractivity contribution in [2.24, 2.45) is 0 Å². The number of halogens is 1. The van der Waals surface area contributed by atoms with Gasteiger partial charge in [0.05, 0.1) is 7.11 Å². The fourth-order valence-corrected chi connectivity index (χ4v) is 3.69. The summed E-state index contributed by atoms with van der Waals surface area (Å²) in [6.07, 6.45) is 3.26. The first-order valence-electron chi connectivity index (χ1n) is 10.0. The van der Waals surface area contributed by atoms with Crippen LogP contribution in [0.15, 0.2) is 42.5 Å². The van der Waals surface area contributed by atoms with E-state index in [1.165, 1.54) is 6.08 Å². The fraction of sp³-hybridized carbons (Fsp3) is 0.304. The number of hydrogen-bond acceptors (Lipinski definition) is 5. The van der Waals surface area contributed by atoms with E-state index in [1.807, 2.05) is 6.07 Å². The molecule has 31 heavy (non-hydrogen) atoms. The molecule has 0 unspecified atom stereocenters. The second-order valence-corrected chi connectivity index (χ2v) is 7.64. The van der Waals surface area contributed by atoms with Crippen LogP contribution in [0.25, 0.3) is 6.08 Å². The van der Waals surface area contributed by atoms with Crippen LogP contribution < -0.4 is 14.2 Å². The number of methoxy groups -OCH3 is 1. The molecule has 2 aliphatic rings. The second kappa shape index (κ2) is 9.31. The third kappa shape index (κ3) is 4.77. The molecule has 0 aliphatic carbocycles. The molecule has 0 aromatic heterocycles. The maximum Gasteiger partial charge on any atom is 0.253 e. The van der Waals surface area contributed by atoms with E-state index in [1.54, 1.807) is 53.3 Å². The minimum atomic E-state index is -0.104. The highest BCUT2D eigenvalue weighted by Gasteiger charge is 2.24. The van der Waals surface area contributed by atoms with Gasteiger partial charge in [-0.1, -0.05) is 11.6 Å². The summed E-state index contributed by atoms with van der Waals surface area (Å²) in [6.45, 7) is 2.88. The van der Waals surface area contributed by atoms with Crippen LogP contribution in [0.1, 0.15) is 15.9 Å². The van der Waals surface area contributed by atoms with Crippen LogP contribution in [-0.2, 0) is 4.79 Å². The molecule has 162 valence electrons. The molecule has 0 radical (unpaired) electrons. The Balaban J connectivity index is 1.36. The van der Waals surface area contributed by atoms with Crippen LogP contribution in [0.3, 0.4) is 0 Å². The Kier molecular flexibility index (Phi) is 6.32. The van der Waals surface area contributed by atoms with Gasteiger partial charge in [-0.25, -0.2) is 0 Å². The minimum Gasteiger partial charge on any atom is -0.493 e. The van der Waals surface area contributed by atoms with Crippen LogP contribution in [0.4, 0.5) is 0 Å². The van der Waals surface area contributed by atoms with Gasteiger partial charge in [-0.2, -0.15) is 0 Å². The number of benzene rings is 2. The molecule has 8 heteroatoms. The maximum absolute atomic E-state index is 12.6. The van der Waals surface area contributed by atoms with Crippen molar-refractivity contribution in [2.75, 3.05) is 46.5 Å². The maximum atomic E-state index is 12.6. The summed E-state index contributed by atoms with van der Waals surface area (Å²) in [5.74, 6) is 1.60. The van der Waals surface area contributed by atoms with Crippen molar-refractivity contribution in [2.45, 2.75) is 0 Å². The van der Waals surface area contributed by atoms with Crippen molar-refractivity contribution < 1.29 is 23.8 Å². The molecule has 2 heterocycles. The molecule has 2 aromatic carbocycles. The Morgan fingerprint density at radius 3 is 2.39 bits per heavy atom. The van der Waals surface area contributed by atoms with Gasteiger partial charge in [0.1, 0.15) is 13.2 Å². The Bertz CT molecular complexity index is 981. The van der Waals surface area contributed by atoms with Gasteiger partial charge in [0, 0.05) is 42.8 Å². The molecular weight excluding hydrogens is 420 g/mol. The van der Waals surface area contributed by atoms with E-state index in [0.29, 0.717) is 67.2 Å². The zero-order chi connectivity index (χ0) is 21.8. The standard InChI is InChI=1S/C23H23ClN2O5/c1-29-19-14-16(15-20-22(19)31-13-12-30-20)2-7-21(27)25-8-10-26(11-9-25)23(28)17-3-5-18(24)6-4-17/h2-7,14-15H,8-13H2,1H3/b7-2+. The lowest BCUT2D eigenvalue weighted by molar-refractivity contribution is -0.127. The summed E-state index contributed by atoms with van der Waals surface area (Å²) in [6, 6.07) is 10.5. The summed E-state index contributed by atoms with van der Waals surface area (Å²) < 4.78 is 16.6. The molecule has 1 saturated heterocycles. The van der Waals surface area contributed by atoms with Crippen molar-refractivity contribution >= 4 is 29.5 Å². The van der Waals surface area contributed by atoms with Crippen molar-refractivity contribution in [1.82, 2.24) is 9.80 Å². The average Bonchev–Trinajstić information content (AvgIpc) is 2.82. The second-order valence-electron chi connectivity index (χ2n) is 7.21. The predicted molar refractivity (Wildman–Crippen MR) is 117 cm³/mol. The molecule has 0 atom stereocenters. The summed E-state index contributed by atoms with van der Waals surface area (Å²) in [4.78, 5) is 28.7. The monoisotopic (exact) mass is 442 g/mol. The highest BCUT2D eigenvalue weighted by atomic mass is 35.5. The van der Waals surface area contributed by atoms with Gasteiger partial charge in [0.2, 0.25) is 11.7 Å². The van der Waals surface area contributed by atoms with Gasteiger partial charge >= 0.3 is 0 Å². The van der Waals surface area contributed by atoms with Gasteiger partial charge in [-0.15, -0.1) is 0 Å². The Morgan fingerprint density at radius 2 is 1.68 bits per heavy atom. The highest BCUT2D eigenvalue weighted by molar-refractivity contribution is 6.30. The number of amides is 2. The van der Waals surface area contributed by atoms with Crippen LogP contribution in [-0.4, -0.2) is 68.1 Å². The predicted octanol–water partition coefficient (Wildman–Crippen LogP) is 3.12. The number of hydrogen-bond donors (Lipinski definition) is 0. The molecule has 7 nitrogen and oxygen atoms in total. The lowest BCUT2D eigenvalue weighted by Gasteiger charge is -2.34. The first-order valence-corrected chi connectivity index (χ1v) is 10.4. The number of carbonyl (C=O) groups is 2. The Hall–Kier alpha value is -3.19. The molecule has 1 fully saturated rings. The van der Waals surface area contributed by atoms with E-state index in [0.717, 1.165) is 5.56 Å². The molecule has 0 N–H and O–H groups in total. The third-order valence-corrected chi connectivity index (χ3v) is 5.49. The van der Waals surface area contributed by atoms with E-state index < -0.39 is 0 Å². The molecule has 0 spiro atoms. The molecule has 0 bridgehead atoms. The van der Waals surface area contributed by atoms with E-state index in [-0.39, 0.29) is 11.8 Å². The van der Waals surface area contributed by atoms with Crippen molar-refractivity contribution in [3.05, 3.63) is 58.6 Å². The molecule has 2 amide bonds. The van der Waals surface area contributed by atoms with Crippen molar-refractivity contribution in [3.63, 3.8) is 0 Å². The number of fused-ring (bicyclic) bond motifs is 1. The highest BCUT2D eigenvalue weighted by Crippen LogP contribution is 2.40. The van der Waals surface area contributed by atoms with Gasteiger partial charge in [0.15, 0.2) is 11.5 Å². The van der Waals surface area contributed by atoms with Crippen LogP contribution >= 0.6 is 11.6 Å². The molecular formula is C23H23ClN2O5. The molecule has 4 rings (SSSR count). The lowest BCUT2D eigenvalue weighted by Crippen LogP contribution is -2.50.